The summed E-state index contributed by atoms with van der Waals surface area (Å²) in [6.07, 6.45) is 1.78. The predicted octanol–water partition coefficient (Wildman–Crippen LogP) is 6.81. The monoisotopic (exact) mass is 712 g/mol. The van der Waals surface area contributed by atoms with Crippen molar-refractivity contribution < 1.29 is 23.4 Å². The number of rotatable bonds is 10. The summed E-state index contributed by atoms with van der Waals surface area (Å²) < 4.78 is 33.8. The van der Waals surface area contributed by atoms with Gasteiger partial charge in [-0.1, -0.05) is 78.1 Å². The Labute approximate surface area is 283 Å². The van der Waals surface area contributed by atoms with Gasteiger partial charge < -0.3 is 14.2 Å². The number of carbonyl (C=O) groups is 1. The SMILES string of the molecule is CCOC(=O)C1=C(c2ccccc2)N=c2s/c(=C\c3ccc(OCc4ccccc4F)c(Br)c3)c(=O)n2[C@H]1c1ccc(OCC)cc1. The Kier molecular flexibility index (Phi) is 9.79. The third-order valence-electron chi connectivity index (χ3n) is 7.48. The largest absolute Gasteiger partial charge is 0.494 e. The number of halogens is 2. The minimum Gasteiger partial charge on any atom is -0.494 e. The van der Waals surface area contributed by atoms with E-state index in [2.05, 4.69) is 15.9 Å². The van der Waals surface area contributed by atoms with Gasteiger partial charge in [0.15, 0.2) is 4.80 Å². The Morgan fingerprint density at radius 3 is 2.40 bits per heavy atom. The summed E-state index contributed by atoms with van der Waals surface area (Å²) >= 11 is 4.79. The fourth-order valence-corrected chi connectivity index (χ4v) is 6.83. The van der Waals surface area contributed by atoms with Crippen LogP contribution in [0.3, 0.4) is 0 Å². The summed E-state index contributed by atoms with van der Waals surface area (Å²) in [5.74, 6) is 0.341. The van der Waals surface area contributed by atoms with Gasteiger partial charge in [-0.3, -0.25) is 9.36 Å². The number of hydrogen-bond acceptors (Lipinski definition) is 7. The number of esters is 1. The van der Waals surface area contributed by atoms with Crippen LogP contribution in [0.5, 0.6) is 11.5 Å². The Balaban J connectivity index is 1.46. The lowest BCUT2D eigenvalue weighted by Gasteiger charge is -2.26. The van der Waals surface area contributed by atoms with Gasteiger partial charge >= 0.3 is 5.97 Å². The van der Waals surface area contributed by atoms with Crippen molar-refractivity contribution in [2.75, 3.05) is 13.2 Å². The topological polar surface area (TPSA) is 79.1 Å². The zero-order valence-corrected chi connectivity index (χ0v) is 28.0. The van der Waals surface area contributed by atoms with Gasteiger partial charge in [-0.2, -0.15) is 0 Å². The molecule has 7 nitrogen and oxygen atoms in total. The quantitative estimate of drug-likeness (QED) is 0.149. The Morgan fingerprint density at radius 2 is 1.70 bits per heavy atom. The molecule has 1 aliphatic heterocycles. The molecular weight excluding hydrogens is 683 g/mol. The minimum absolute atomic E-state index is 0.0707. The number of nitrogens with zero attached hydrogens (tertiary/aromatic N) is 2. The zero-order chi connectivity index (χ0) is 32.9. The molecule has 6 rings (SSSR count). The van der Waals surface area contributed by atoms with Crippen LogP contribution in [0.2, 0.25) is 0 Å². The van der Waals surface area contributed by atoms with Crippen LogP contribution >= 0.6 is 27.3 Å². The molecular formula is C37H30BrFN2O5S. The van der Waals surface area contributed by atoms with E-state index in [0.29, 0.717) is 48.7 Å². The molecule has 1 atom stereocenters. The van der Waals surface area contributed by atoms with Crippen molar-refractivity contribution in [1.29, 1.82) is 0 Å². The molecule has 0 amide bonds. The smallest absolute Gasteiger partial charge is 0.338 e. The highest BCUT2D eigenvalue weighted by molar-refractivity contribution is 9.10. The number of ether oxygens (including phenoxy) is 3. The minimum atomic E-state index is -0.792. The molecule has 4 aromatic carbocycles. The first-order valence-corrected chi connectivity index (χ1v) is 16.7. The Morgan fingerprint density at radius 1 is 0.957 bits per heavy atom. The van der Waals surface area contributed by atoms with E-state index in [9.17, 15) is 14.0 Å². The fourth-order valence-electron chi connectivity index (χ4n) is 5.32. The summed E-state index contributed by atoms with van der Waals surface area (Å²) in [5, 5.41) is 0. The van der Waals surface area contributed by atoms with Gasteiger partial charge in [-0.15, -0.1) is 0 Å². The molecule has 0 radical (unpaired) electrons. The lowest BCUT2D eigenvalue weighted by Crippen LogP contribution is -2.40. The van der Waals surface area contributed by atoms with Crippen LogP contribution in [0.25, 0.3) is 11.8 Å². The van der Waals surface area contributed by atoms with Crippen molar-refractivity contribution in [3.8, 4) is 11.5 Å². The lowest BCUT2D eigenvalue weighted by molar-refractivity contribution is -0.138. The highest BCUT2D eigenvalue weighted by Gasteiger charge is 2.35. The number of benzene rings is 4. The van der Waals surface area contributed by atoms with E-state index in [-0.39, 0.29) is 30.2 Å². The molecule has 1 aliphatic rings. The summed E-state index contributed by atoms with van der Waals surface area (Å²) in [7, 11) is 0. The first-order valence-electron chi connectivity index (χ1n) is 15.0. The second-order valence-corrected chi connectivity index (χ2v) is 12.4. The molecule has 2 heterocycles. The lowest BCUT2D eigenvalue weighted by atomic mass is 9.93. The van der Waals surface area contributed by atoms with Crippen LogP contribution in [-0.2, 0) is 16.1 Å². The van der Waals surface area contributed by atoms with E-state index in [0.717, 1.165) is 11.1 Å². The van der Waals surface area contributed by atoms with Crippen molar-refractivity contribution in [3.05, 3.63) is 155 Å². The third kappa shape index (κ3) is 6.84. The van der Waals surface area contributed by atoms with E-state index in [4.69, 9.17) is 19.2 Å². The maximum absolute atomic E-state index is 14.2. The highest BCUT2D eigenvalue weighted by Crippen LogP contribution is 2.36. The van der Waals surface area contributed by atoms with Crippen LogP contribution in [-0.4, -0.2) is 23.8 Å². The van der Waals surface area contributed by atoms with Crippen molar-refractivity contribution in [2.24, 2.45) is 4.99 Å². The number of fused-ring (bicyclic) bond motifs is 1. The van der Waals surface area contributed by atoms with E-state index >= 15 is 0 Å². The van der Waals surface area contributed by atoms with Gasteiger partial charge in [0.25, 0.3) is 5.56 Å². The van der Waals surface area contributed by atoms with Crippen LogP contribution in [0.4, 0.5) is 4.39 Å². The van der Waals surface area contributed by atoms with E-state index in [1.807, 2.05) is 73.7 Å². The molecule has 10 heteroatoms. The molecule has 0 fully saturated rings. The van der Waals surface area contributed by atoms with Crippen molar-refractivity contribution in [2.45, 2.75) is 26.5 Å². The molecule has 0 saturated heterocycles. The van der Waals surface area contributed by atoms with Crippen LogP contribution in [0.15, 0.2) is 117 Å². The summed E-state index contributed by atoms with van der Waals surface area (Å²) in [6.45, 7) is 4.40. The molecule has 47 heavy (non-hydrogen) atoms. The predicted molar refractivity (Wildman–Crippen MR) is 184 cm³/mol. The maximum Gasteiger partial charge on any atom is 0.338 e. The summed E-state index contributed by atoms with van der Waals surface area (Å²) in [6, 6.07) is 27.9. The molecule has 0 saturated carbocycles. The zero-order valence-electron chi connectivity index (χ0n) is 25.6. The van der Waals surface area contributed by atoms with Gasteiger partial charge in [0, 0.05) is 11.1 Å². The number of aromatic nitrogens is 1. The van der Waals surface area contributed by atoms with Gasteiger partial charge in [0.1, 0.15) is 23.9 Å². The van der Waals surface area contributed by atoms with Crippen molar-refractivity contribution in [1.82, 2.24) is 4.57 Å². The van der Waals surface area contributed by atoms with E-state index < -0.39 is 12.0 Å². The van der Waals surface area contributed by atoms with Crippen molar-refractivity contribution >= 4 is 45.0 Å². The van der Waals surface area contributed by atoms with E-state index in [1.54, 1.807) is 41.8 Å². The second-order valence-electron chi connectivity index (χ2n) is 10.5. The maximum atomic E-state index is 14.2. The van der Waals surface area contributed by atoms with Crippen LogP contribution < -0.4 is 24.4 Å². The number of thiazole rings is 1. The van der Waals surface area contributed by atoms with Gasteiger partial charge in [0.2, 0.25) is 0 Å². The van der Waals surface area contributed by atoms with E-state index in [1.165, 1.54) is 17.4 Å². The first-order chi connectivity index (χ1) is 22.9. The molecule has 0 bridgehead atoms. The normalized spacial score (nSPS) is 14.4. The van der Waals surface area contributed by atoms with Gasteiger partial charge in [-0.05, 0) is 77.3 Å². The average molecular weight is 714 g/mol. The molecule has 238 valence electrons. The van der Waals surface area contributed by atoms with Crippen molar-refractivity contribution in [3.63, 3.8) is 0 Å². The Hall–Kier alpha value is -4.80. The standard InChI is InChI=1S/C37H30BrFN2O5S/c1-3-44-27-17-15-25(16-18-27)34-32(36(43)45-4-2)33(24-10-6-5-7-11-24)40-37-41(34)35(42)31(47-37)21-23-14-19-30(28(38)20-23)46-22-26-12-8-9-13-29(26)39/h5-21,34H,3-4,22H2,1-2H3/b31-21-/t34-/m0/s1. The second kappa shape index (κ2) is 14.3. The van der Waals surface area contributed by atoms with Gasteiger partial charge in [-0.25, -0.2) is 14.2 Å². The molecule has 0 spiro atoms. The third-order valence-corrected chi connectivity index (χ3v) is 9.08. The molecule has 1 aromatic heterocycles. The van der Waals surface area contributed by atoms with Crippen LogP contribution in [0, 0.1) is 5.82 Å². The number of carbonyl (C=O) groups excluding carboxylic acids is 1. The van der Waals surface area contributed by atoms with Gasteiger partial charge in [0.05, 0.1) is 39.5 Å². The summed E-state index contributed by atoms with van der Waals surface area (Å²) in [4.78, 5) is 33.2. The molecule has 0 aliphatic carbocycles. The number of hydrogen-bond donors (Lipinski definition) is 0. The molecule has 5 aromatic rings. The first kappa shape index (κ1) is 32.2. The Bertz CT molecular complexity index is 2140. The molecule has 0 N–H and O–H groups in total. The summed E-state index contributed by atoms with van der Waals surface area (Å²) in [5.41, 5.74) is 3.08. The highest BCUT2D eigenvalue weighted by atomic mass is 79.9. The van der Waals surface area contributed by atoms with Crippen LogP contribution in [0.1, 0.15) is 42.1 Å². The average Bonchev–Trinajstić information content (AvgIpc) is 3.39. The molecule has 0 unspecified atom stereocenters. The fraction of sp³-hybridized carbons (Fsp3) is 0.162.